The summed E-state index contributed by atoms with van der Waals surface area (Å²) in [5, 5.41) is 19.8. The number of anilines is 1. The molecule has 0 bridgehead atoms. The molecule has 0 radical (unpaired) electrons. The highest BCUT2D eigenvalue weighted by atomic mass is 16.3. The lowest BCUT2D eigenvalue weighted by Gasteiger charge is -2.30. The van der Waals surface area contributed by atoms with Crippen LogP contribution in [0.1, 0.15) is 26.6 Å². The van der Waals surface area contributed by atoms with Gasteiger partial charge in [-0.1, -0.05) is 13.8 Å². The Morgan fingerprint density at radius 3 is 2.94 bits per heavy atom. The smallest absolute Gasteiger partial charge is 0.244 e. The SMILES string of the molecule is C[C@H]1CN(c2n[nH]c(C(C)(C)CO)n2)CCN1. The third-order valence-electron chi connectivity index (χ3n) is 3.16. The summed E-state index contributed by atoms with van der Waals surface area (Å²) in [6.07, 6.45) is 0. The van der Waals surface area contributed by atoms with Gasteiger partial charge in [0.05, 0.1) is 6.61 Å². The zero-order chi connectivity index (χ0) is 12.5. The van der Waals surface area contributed by atoms with Crippen molar-refractivity contribution in [2.45, 2.75) is 32.2 Å². The first-order chi connectivity index (χ1) is 8.03. The molecule has 1 aliphatic rings. The van der Waals surface area contributed by atoms with Gasteiger partial charge in [-0.15, -0.1) is 5.10 Å². The molecule has 1 saturated heterocycles. The summed E-state index contributed by atoms with van der Waals surface area (Å²) in [7, 11) is 0. The lowest BCUT2D eigenvalue weighted by Crippen LogP contribution is -2.49. The van der Waals surface area contributed by atoms with Crippen LogP contribution in [0.25, 0.3) is 0 Å². The number of hydrogen-bond acceptors (Lipinski definition) is 5. The lowest BCUT2D eigenvalue weighted by molar-refractivity contribution is 0.212. The average molecular weight is 239 g/mol. The summed E-state index contributed by atoms with van der Waals surface area (Å²) < 4.78 is 0. The third-order valence-corrected chi connectivity index (χ3v) is 3.16. The second kappa shape index (κ2) is 4.62. The van der Waals surface area contributed by atoms with E-state index in [1.807, 2.05) is 13.8 Å². The highest BCUT2D eigenvalue weighted by molar-refractivity contribution is 5.31. The number of aromatic amines is 1. The fraction of sp³-hybridized carbons (Fsp3) is 0.818. The standard InChI is InChI=1S/C11H21N5O/c1-8-6-16(5-4-12-8)10-13-9(14-15-10)11(2,3)7-17/h8,12,17H,4-7H2,1-3H3,(H,13,14,15)/t8-/m0/s1. The van der Waals surface area contributed by atoms with Crippen LogP contribution in [-0.4, -0.2) is 52.6 Å². The zero-order valence-corrected chi connectivity index (χ0v) is 10.7. The molecule has 1 aliphatic heterocycles. The second-order valence-corrected chi connectivity index (χ2v) is 5.33. The van der Waals surface area contributed by atoms with Crippen LogP contribution in [0.3, 0.4) is 0 Å². The minimum absolute atomic E-state index is 0.0552. The molecule has 2 heterocycles. The van der Waals surface area contributed by atoms with Crippen molar-refractivity contribution in [2.24, 2.45) is 0 Å². The summed E-state index contributed by atoms with van der Waals surface area (Å²) in [5.74, 6) is 1.47. The summed E-state index contributed by atoms with van der Waals surface area (Å²) in [6, 6.07) is 0.455. The maximum atomic E-state index is 9.30. The van der Waals surface area contributed by atoms with Gasteiger partial charge in [-0.05, 0) is 6.92 Å². The molecule has 96 valence electrons. The van der Waals surface area contributed by atoms with Crippen LogP contribution in [0, 0.1) is 0 Å². The Kier molecular flexibility index (Phi) is 3.35. The maximum Gasteiger partial charge on any atom is 0.244 e. The van der Waals surface area contributed by atoms with E-state index in [-0.39, 0.29) is 12.0 Å². The van der Waals surface area contributed by atoms with E-state index in [1.165, 1.54) is 0 Å². The Morgan fingerprint density at radius 1 is 1.53 bits per heavy atom. The highest BCUT2D eigenvalue weighted by Crippen LogP contribution is 2.20. The Morgan fingerprint density at radius 2 is 2.29 bits per heavy atom. The topological polar surface area (TPSA) is 77.1 Å². The first-order valence-corrected chi connectivity index (χ1v) is 6.05. The van der Waals surface area contributed by atoms with Gasteiger partial charge in [0, 0.05) is 31.1 Å². The van der Waals surface area contributed by atoms with Gasteiger partial charge in [0.25, 0.3) is 0 Å². The summed E-state index contributed by atoms with van der Waals surface area (Å²) in [5.41, 5.74) is -0.370. The quantitative estimate of drug-likeness (QED) is 0.685. The molecule has 6 nitrogen and oxygen atoms in total. The van der Waals surface area contributed by atoms with E-state index >= 15 is 0 Å². The summed E-state index contributed by atoms with van der Waals surface area (Å²) in [6.45, 7) is 8.87. The predicted octanol–water partition coefficient (Wildman–Crippen LogP) is -0.127. The Hall–Kier alpha value is -1.14. The van der Waals surface area contributed by atoms with E-state index in [0.29, 0.717) is 6.04 Å². The molecule has 0 aliphatic carbocycles. The monoisotopic (exact) mass is 239 g/mol. The fourth-order valence-corrected chi connectivity index (χ4v) is 1.89. The molecular weight excluding hydrogens is 218 g/mol. The molecule has 1 aromatic rings. The van der Waals surface area contributed by atoms with Crippen LogP contribution in [0.5, 0.6) is 0 Å². The number of rotatable bonds is 3. The normalized spacial score (nSPS) is 21.9. The number of nitrogens with one attached hydrogen (secondary N) is 2. The Bertz CT molecular complexity index is 376. The maximum absolute atomic E-state index is 9.30. The number of aromatic nitrogens is 3. The van der Waals surface area contributed by atoms with Gasteiger partial charge in [-0.2, -0.15) is 4.98 Å². The molecule has 1 atom stereocenters. The fourth-order valence-electron chi connectivity index (χ4n) is 1.89. The zero-order valence-electron chi connectivity index (χ0n) is 10.7. The molecule has 3 N–H and O–H groups in total. The number of aliphatic hydroxyl groups is 1. The third kappa shape index (κ3) is 2.58. The predicted molar refractivity (Wildman–Crippen MR) is 66.2 cm³/mol. The van der Waals surface area contributed by atoms with E-state index in [2.05, 4.69) is 32.3 Å². The van der Waals surface area contributed by atoms with Crippen LogP contribution in [0.15, 0.2) is 0 Å². The van der Waals surface area contributed by atoms with Gasteiger partial charge in [0.2, 0.25) is 5.95 Å². The van der Waals surface area contributed by atoms with Crippen molar-refractivity contribution in [1.29, 1.82) is 0 Å². The minimum Gasteiger partial charge on any atom is -0.395 e. The Balaban J connectivity index is 2.12. The number of aliphatic hydroxyl groups excluding tert-OH is 1. The summed E-state index contributed by atoms with van der Waals surface area (Å²) in [4.78, 5) is 6.64. The van der Waals surface area contributed by atoms with E-state index in [0.717, 1.165) is 31.4 Å². The second-order valence-electron chi connectivity index (χ2n) is 5.33. The van der Waals surface area contributed by atoms with E-state index < -0.39 is 0 Å². The molecule has 0 amide bonds. The van der Waals surface area contributed by atoms with Gasteiger partial charge in [0.1, 0.15) is 5.82 Å². The molecule has 0 aromatic carbocycles. The molecule has 6 heteroatoms. The summed E-state index contributed by atoms with van der Waals surface area (Å²) >= 11 is 0. The van der Waals surface area contributed by atoms with Crippen LogP contribution in [-0.2, 0) is 5.41 Å². The number of H-pyrrole nitrogens is 1. The van der Waals surface area contributed by atoms with E-state index in [9.17, 15) is 5.11 Å². The van der Waals surface area contributed by atoms with E-state index in [1.54, 1.807) is 0 Å². The molecular formula is C11H21N5O. The van der Waals surface area contributed by atoms with Gasteiger partial charge in [-0.25, -0.2) is 0 Å². The van der Waals surface area contributed by atoms with Crippen molar-refractivity contribution in [3.63, 3.8) is 0 Å². The van der Waals surface area contributed by atoms with Gasteiger partial charge in [0.15, 0.2) is 0 Å². The molecule has 17 heavy (non-hydrogen) atoms. The van der Waals surface area contributed by atoms with Crippen molar-refractivity contribution in [3.8, 4) is 0 Å². The van der Waals surface area contributed by atoms with Crippen LogP contribution in [0.4, 0.5) is 5.95 Å². The molecule has 0 spiro atoms. The van der Waals surface area contributed by atoms with Gasteiger partial charge in [-0.3, -0.25) is 5.10 Å². The van der Waals surface area contributed by atoms with Gasteiger partial charge >= 0.3 is 0 Å². The molecule has 1 aromatic heterocycles. The van der Waals surface area contributed by atoms with Gasteiger partial charge < -0.3 is 15.3 Å². The molecule has 0 saturated carbocycles. The van der Waals surface area contributed by atoms with Crippen molar-refractivity contribution in [1.82, 2.24) is 20.5 Å². The van der Waals surface area contributed by atoms with Crippen molar-refractivity contribution in [2.75, 3.05) is 31.1 Å². The number of piperazine rings is 1. The van der Waals surface area contributed by atoms with Crippen LogP contribution < -0.4 is 10.2 Å². The van der Waals surface area contributed by atoms with Crippen LogP contribution >= 0.6 is 0 Å². The van der Waals surface area contributed by atoms with Crippen molar-refractivity contribution in [3.05, 3.63) is 5.82 Å². The van der Waals surface area contributed by atoms with Crippen LogP contribution in [0.2, 0.25) is 0 Å². The molecule has 2 rings (SSSR count). The van der Waals surface area contributed by atoms with Crippen molar-refractivity contribution >= 4 is 5.95 Å². The minimum atomic E-state index is -0.370. The first-order valence-electron chi connectivity index (χ1n) is 6.05. The molecule has 1 fully saturated rings. The van der Waals surface area contributed by atoms with E-state index in [4.69, 9.17) is 0 Å². The number of hydrogen-bond donors (Lipinski definition) is 3. The lowest BCUT2D eigenvalue weighted by atomic mass is 9.94. The Labute approximate surface area is 101 Å². The van der Waals surface area contributed by atoms with Crippen molar-refractivity contribution < 1.29 is 5.11 Å². The largest absolute Gasteiger partial charge is 0.395 e. The highest BCUT2D eigenvalue weighted by Gasteiger charge is 2.26. The first kappa shape index (κ1) is 12.3. The average Bonchev–Trinajstić information content (AvgIpc) is 2.79. The number of nitrogens with zero attached hydrogens (tertiary/aromatic N) is 3. The molecule has 0 unspecified atom stereocenters.